The van der Waals surface area contributed by atoms with Gasteiger partial charge in [0.25, 0.3) is 5.69 Å². The van der Waals surface area contributed by atoms with Gasteiger partial charge in [-0.2, -0.15) is 0 Å². The molecule has 0 spiro atoms. The number of nitro groups is 1. The summed E-state index contributed by atoms with van der Waals surface area (Å²) in [4.78, 5) is 9.86. The lowest BCUT2D eigenvalue weighted by Gasteiger charge is -1.97. The van der Waals surface area contributed by atoms with Crippen molar-refractivity contribution in [3.8, 4) is 0 Å². The molecule has 1 aromatic carbocycles. The van der Waals surface area contributed by atoms with E-state index >= 15 is 0 Å². The molecule has 0 radical (unpaired) electrons. The summed E-state index contributed by atoms with van der Waals surface area (Å²) in [5, 5.41) is 21.2. The van der Waals surface area contributed by atoms with Crippen LogP contribution in [-0.4, -0.2) is 15.3 Å². The van der Waals surface area contributed by atoms with Crippen molar-refractivity contribution in [1.29, 1.82) is 0 Å². The Morgan fingerprint density at radius 2 is 2.15 bits per heavy atom. The second-order valence-corrected chi connectivity index (χ2v) is 2.52. The molecule has 0 saturated carbocycles. The fraction of sp³-hybridized carbons (Fsp3) is 0. The van der Waals surface area contributed by atoms with E-state index in [9.17, 15) is 10.1 Å². The lowest BCUT2D eigenvalue weighted by Crippen LogP contribution is -1.98. The Bertz CT molecular complexity index is 365. The molecule has 0 fully saturated rings. The number of para-hydroxylation sites is 1. The van der Waals surface area contributed by atoms with Crippen LogP contribution in [0.4, 0.5) is 5.69 Å². The lowest BCUT2D eigenvalue weighted by atomic mass is 10.2. The monoisotopic (exact) mass is 200 g/mol. The highest BCUT2D eigenvalue weighted by molar-refractivity contribution is 6.69. The van der Waals surface area contributed by atoms with Crippen molar-refractivity contribution in [3.63, 3.8) is 0 Å². The van der Waals surface area contributed by atoms with Crippen LogP contribution in [0.15, 0.2) is 29.4 Å². The number of oxime groups is 1. The number of rotatable bonds is 2. The average Bonchev–Trinajstić information content (AvgIpc) is 2.16. The topological polar surface area (TPSA) is 75.7 Å². The molecule has 6 heteroatoms. The molecule has 5 nitrogen and oxygen atoms in total. The average molecular weight is 201 g/mol. The first kappa shape index (κ1) is 9.47. The van der Waals surface area contributed by atoms with Gasteiger partial charge in [-0.1, -0.05) is 28.9 Å². The molecular weight excluding hydrogens is 196 g/mol. The molecule has 0 aliphatic carbocycles. The molecule has 0 saturated heterocycles. The van der Waals surface area contributed by atoms with Crippen LogP contribution in [0.3, 0.4) is 0 Å². The van der Waals surface area contributed by atoms with Crippen molar-refractivity contribution < 1.29 is 10.1 Å². The molecule has 0 atom stereocenters. The van der Waals surface area contributed by atoms with Crippen LogP contribution in [0, 0.1) is 10.1 Å². The fourth-order valence-corrected chi connectivity index (χ4v) is 1.02. The first-order valence-corrected chi connectivity index (χ1v) is 3.66. The summed E-state index contributed by atoms with van der Waals surface area (Å²) in [5.41, 5.74) is -0.0954. The number of nitro benzene ring substituents is 1. The molecule has 1 N–H and O–H groups in total. The molecule has 0 aliphatic heterocycles. The summed E-state index contributed by atoms with van der Waals surface area (Å²) in [6, 6.07) is 5.75. The largest absolute Gasteiger partial charge is 0.410 e. The van der Waals surface area contributed by atoms with E-state index in [0.717, 1.165) is 0 Å². The van der Waals surface area contributed by atoms with Gasteiger partial charge in [0.1, 0.15) is 0 Å². The minimum Gasteiger partial charge on any atom is -0.410 e. The quantitative estimate of drug-likeness (QED) is 0.343. The van der Waals surface area contributed by atoms with Gasteiger partial charge in [0, 0.05) is 6.07 Å². The summed E-state index contributed by atoms with van der Waals surface area (Å²) < 4.78 is 0. The molecule has 0 unspecified atom stereocenters. The minimum atomic E-state index is -0.594. The zero-order chi connectivity index (χ0) is 9.84. The molecule has 68 valence electrons. The van der Waals surface area contributed by atoms with Crippen molar-refractivity contribution in [3.05, 3.63) is 39.9 Å². The van der Waals surface area contributed by atoms with E-state index in [0.29, 0.717) is 0 Å². The van der Waals surface area contributed by atoms with Crippen molar-refractivity contribution in [1.82, 2.24) is 0 Å². The van der Waals surface area contributed by atoms with Crippen LogP contribution in [-0.2, 0) is 0 Å². The van der Waals surface area contributed by atoms with Crippen LogP contribution in [0.1, 0.15) is 5.56 Å². The van der Waals surface area contributed by atoms with Gasteiger partial charge < -0.3 is 5.21 Å². The van der Waals surface area contributed by atoms with Crippen molar-refractivity contribution in [2.24, 2.45) is 5.16 Å². The van der Waals surface area contributed by atoms with Crippen molar-refractivity contribution >= 4 is 22.5 Å². The predicted molar refractivity (Wildman–Crippen MR) is 47.3 cm³/mol. The van der Waals surface area contributed by atoms with E-state index < -0.39 is 4.92 Å². The standard InChI is InChI=1S/C7H5ClN2O3/c8-7(9-11)5-3-1-2-4-6(5)10(12)13/h1-4,11H/b9-7-. The van der Waals surface area contributed by atoms with Gasteiger partial charge in [-0.15, -0.1) is 0 Å². The van der Waals surface area contributed by atoms with Crippen LogP contribution in [0.25, 0.3) is 0 Å². The van der Waals surface area contributed by atoms with E-state index in [4.69, 9.17) is 16.8 Å². The Labute approximate surface area is 78.4 Å². The zero-order valence-electron chi connectivity index (χ0n) is 6.35. The molecule has 13 heavy (non-hydrogen) atoms. The highest BCUT2D eigenvalue weighted by atomic mass is 35.5. The third-order valence-electron chi connectivity index (χ3n) is 1.41. The molecule has 0 aliphatic rings. The molecule has 0 bridgehead atoms. The van der Waals surface area contributed by atoms with Gasteiger partial charge in [0.15, 0.2) is 5.17 Å². The third-order valence-corrected chi connectivity index (χ3v) is 1.69. The van der Waals surface area contributed by atoms with E-state index in [-0.39, 0.29) is 16.4 Å². The fourth-order valence-electron chi connectivity index (χ4n) is 0.861. The predicted octanol–water partition coefficient (Wildman–Crippen LogP) is 1.97. The smallest absolute Gasteiger partial charge is 0.279 e. The van der Waals surface area contributed by atoms with Gasteiger partial charge in [-0.05, 0) is 6.07 Å². The first-order chi connectivity index (χ1) is 6.16. The maximum Gasteiger partial charge on any atom is 0.279 e. The molecule has 0 heterocycles. The number of hydrogen-bond donors (Lipinski definition) is 1. The normalized spacial score (nSPS) is 11.3. The Balaban J connectivity index is 3.28. The Hall–Kier alpha value is -1.62. The van der Waals surface area contributed by atoms with Gasteiger partial charge in [0.05, 0.1) is 10.5 Å². The molecule has 1 aromatic rings. The van der Waals surface area contributed by atoms with E-state index in [1.807, 2.05) is 0 Å². The Kier molecular flexibility index (Phi) is 2.81. The molecule has 0 aromatic heterocycles. The first-order valence-electron chi connectivity index (χ1n) is 3.28. The maximum atomic E-state index is 10.5. The van der Waals surface area contributed by atoms with E-state index in [1.54, 1.807) is 6.07 Å². The highest BCUT2D eigenvalue weighted by Crippen LogP contribution is 2.19. The van der Waals surface area contributed by atoms with Gasteiger partial charge in [0.2, 0.25) is 0 Å². The Morgan fingerprint density at radius 3 is 2.69 bits per heavy atom. The Morgan fingerprint density at radius 1 is 1.54 bits per heavy atom. The van der Waals surface area contributed by atoms with Gasteiger partial charge >= 0.3 is 0 Å². The molecule has 0 amide bonds. The number of nitrogens with zero attached hydrogens (tertiary/aromatic N) is 2. The molecular formula is C7H5ClN2O3. The summed E-state index contributed by atoms with van der Waals surface area (Å²) >= 11 is 5.44. The minimum absolute atomic E-state index is 0.0941. The lowest BCUT2D eigenvalue weighted by molar-refractivity contribution is -0.385. The van der Waals surface area contributed by atoms with E-state index in [1.165, 1.54) is 18.2 Å². The van der Waals surface area contributed by atoms with Crippen molar-refractivity contribution in [2.45, 2.75) is 0 Å². The number of hydrogen-bond acceptors (Lipinski definition) is 4. The van der Waals surface area contributed by atoms with E-state index in [2.05, 4.69) is 5.16 Å². The SMILES string of the molecule is O=[N+]([O-])c1ccccc1/C(Cl)=N/O. The summed E-state index contributed by atoms with van der Waals surface area (Å²) in [7, 11) is 0. The van der Waals surface area contributed by atoms with Gasteiger partial charge in [-0.25, -0.2) is 0 Å². The van der Waals surface area contributed by atoms with Crippen LogP contribution < -0.4 is 0 Å². The summed E-state index contributed by atoms with van der Waals surface area (Å²) in [5.74, 6) is 0. The second-order valence-electron chi connectivity index (χ2n) is 2.17. The number of halogens is 1. The molecule has 1 rings (SSSR count). The van der Waals surface area contributed by atoms with Crippen LogP contribution >= 0.6 is 11.6 Å². The second kappa shape index (κ2) is 3.86. The summed E-state index contributed by atoms with van der Waals surface area (Å²) in [6.07, 6.45) is 0. The van der Waals surface area contributed by atoms with Crippen molar-refractivity contribution in [2.75, 3.05) is 0 Å². The van der Waals surface area contributed by atoms with Gasteiger partial charge in [-0.3, -0.25) is 10.1 Å². The maximum absolute atomic E-state index is 10.5. The summed E-state index contributed by atoms with van der Waals surface area (Å²) in [6.45, 7) is 0. The third kappa shape index (κ3) is 1.94. The highest BCUT2D eigenvalue weighted by Gasteiger charge is 2.15. The zero-order valence-corrected chi connectivity index (χ0v) is 7.10. The van der Waals surface area contributed by atoms with Crippen LogP contribution in [0.2, 0.25) is 0 Å². The van der Waals surface area contributed by atoms with Crippen LogP contribution in [0.5, 0.6) is 0 Å². The number of benzene rings is 1.